The minimum atomic E-state index is -0.174. The number of likely N-dealkylation sites (tertiary alicyclic amines) is 1. The van der Waals surface area contributed by atoms with Crippen molar-refractivity contribution in [3.8, 4) is 0 Å². The summed E-state index contributed by atoms with van der Waals surface area (Å²) < 4.78 is 0. The van der Waals surface area contributed by atoms with Gasteiger partial charge in [0.15, 0.2) is 0 Å². The topological polar surface area (TPSA) is 52.7 Å². The molecule has 5 nitrogen and oxygen atoms in total. The zero-order valence-corrected chi connectivity index (χ0v) is 17.8. The van der Waals surface area contributed by atoms with Crippen LogP contribution in [0.4, 0.5) is 0 Å². The number of halogens is 1. The van der Waals surface area contributed by atoms with Gasteiger partial charge in [0.1, 0.15) is 0 Å². The summed E-state index contributed by atoms with van der Waals surface area (Å²) in [5.41, 5.74) is 0.993. The van der Waals surface area contributed by atoms with Crippen LogP contribution in [-0.4, -0.2) is 55.3 Å². The molecule has 1 aliphatic heterocycles. The molecule has 1 saturated heterocycles. The number of rotatable bonds is 6. The Morgan fingerprint density at radius 3 is 2.75 bits per heavy atom. The first-order valence-corrected chi connectivity index (χ1v) is 10.7. The molecule has 150 valence electrons. The molecule has 0 saturated carbocycles. The van der Waals surface area contributed by atoms with Crippen LogP contribution in [0, 0.1) is 5.92 Å². The maximum Gasteiger partial charge on any atom is 0.263 e. The minimum absolute atomic E-state index is 0.00239. The maximum absolute atomic E-state index is 12.8. The molecule has 7 heteroatoms. The number of carbonyl (C=O) groups is 2. The molecule has 0 aliphatic carbocycles. The summed E-state index contributed by atoms with van der Waals surface area (Å²) in [6.45, 7) is 1.66. The number of benzene rings is 1. The van der Waals surface area contributed by atoms with Gasteiger partial charge in [-0.25, -0.2) is 0 Å². The average Bonchev–Trinajstić information content (AvgIpc) is 3.23. The van der Waals surface area contributed by atoms with Crippen LogP contribution in [0.5, 0.6) is 0 Å². The van der Waals surface area contributed by atoms with Gasteiger partial charge in [0.05, 0.1) is 16.8 Å². The normalized spacial score (nSPS) is 18.1. The molecule has 2 aromatic rings. The summed E-state index contributed by atoms with van der Waals surface area (Å²) in [6, 6.07) is 11.4. The molecule has 1 aliphatic rings. The van der Waals surface area contributed by atoms with E-state index in [0.717, 1.165) is 23.3 Å². The molecule has 1 aromatic carbocycles. The Labute approximate surface area is 175 Å². The fourth-order valence-corrected chi connectivity index (χ4v) is 4.54. The Hall–Kier alpha value is -1.89. The Morgan fingerprint density at radius 2 is 2.07 bits per heavy atom. The molecule has 0 spiro atoms. The summed E-state index contributed by atoms with van der Waals surface area (Å²) in [5, 5.41) is 5.67. The lowest BCUT2D eigenvalue weighted by atomic mass is 9.96. The van der Waals surface area contributed by atoms with Crippen LogP contribution in [0.15, 0.2) is 41.8 Å². The molecule has 0 bridgehead atoms. The number of hydrogen-bond acceptors (Lipinski definition) is 4. The third-order valence-electron chi connectivity index (χ3n) is 5.17. The van der Waals surface area contributed by atoms with Crippen LogP contribution in [0.25, 0.3) is 0 Å². The van der Waals surface area contributed by atoms with Crippen LogP contribution >= 0.6 is 22.9 Å². The van der Waals surface area contributed by atoms with Crippen LogP contribution in [0.2, 0.25) is 5.02 Å². The van der Waals surface area contributed by atoms with Crippen LogP contribution in [0.3, 0.4) is 0 Å². The van der Waals surface area contributed by atoms with E-state index in [-0.39, 0.29) is 23.8 Å². The van der Waals surface area contributed by atoms with E-state index in [0.29, 0.717) is 24.7 Å². The standard InChI is InChI=1S/C21H26ClN3O2S/c1-24(2)18(16-8-3-4-9-17(16)22)13-23-20(26)15-7-5-11-25(14-15)21(27)19-10-6-12-28-19/h3-4,6,8-10,12,15,18H,5,7,11,13-14H2,1-2H3,(H,23,26)/t15-,18-/m1/s1. The van der Waals surface area contributed by atoms with Gasteiger partial charge in [-0.1, -0.05) is 35.9 Å². The van der Waals surface area contributed by atoms with Crippen molar-refractivity contribution in [3.05, 3.63) is 57.2 Å². The van der Waals surface area contributed by atoms with Gasteiger partial charge >= 0.3 is 0 Å². The maximum atomic E-state index is 12.8. The summed E-state index contributed by atoms with van der Waals surface area (Å²) in [6.07, 6.45) is 1.65. The second kappa shape index (κ2) is 9.54. The molecule has 2 amide bonds. The molecule has 3 rings (SSSR count). The van der Waals surface area contributed by atoms with Gasteiger partial charge in [-0.15, -0.1) is 11.3 Å². The Morgan fingerprint density at radius 1 is 1.29 bits per heavy atom. The van der Waals surface area contributed by atoms with Gasteiger partial charge in [0.2, 0.25) is 5.91 Å². The number of likely N-dealkylation sites (N-methyl/N-ethyl adjacent to an activating group) is 1. The number of amides is 2. The van der Waals surface area contributed by atoms with Gasteiger partial charge < -0.3 is 15.1 Å². The van der Waals surface area contributed by atoms with Crippen molar-refractivity contribution in [2.24, 2.45) is 5.92 Å². The zero-order chi connectivity index (χ0) is 20.1. The molecule has 2 heterocycles. The zero-order valence-electron chi connectivity index (χ0n) is 16.2. The van der Waals surface area contributed by atoms with E-state index >= 15 is 0 Å². The van der Waals surface area contributed by atoms with Gasteiger partial charge in [0, 0.05) is 24.7 Å². The number of nitrogens with zero attached hydrogens (tertiary/aromatic N) is 2. The van der Waals surface area contributed by atoms with Gasteiger partial charge in [-0.05, 0) is 50.0 Å². The molecule has 0 radical (unpaired) electrons. The molecule has 0 unspecified atom stereocenters. The number of hydrogen-bond donors (Lipinski definition) is 1. The quantitative estimate of drug-likeness (QED) is 0.777. The van der Waals surface area contributed by atoms with Gasteiger partial charge in [0.25, 0.3) is 5.91 Å². The lowest BCUT2D eigenvalue weighted by molar-refractivity contribution is -0.126. The highest BCUT2D eigenvalue weighted by Crippen LogP contribution is 2.26. The van der Waals surface area contributed by atoms with E-state index in [4.69, 9.17) is 11.6 Å². The average molecular weight is 420 g/mol. The number of nitrogens with one attached hydrogen (secondary N) is 1. The molecule has 1 N–H and O–H groups in total. The lowest BCUT2D eigenvalue weighted by Gasteiger charge is -2.32. The van der Waals surface area contributed by atoms with E-state index in [1.807, 2.05) is 55.9 Å². The first-order chi connectivity index (χ1) is 13.5. The van der Waals surface area contributed by atoms with Crippen molar-refractivity contribution < 1.29 is 9.59 Å². The third kappa shape index (κ3) is 4.93. The van der Waals surface area contributed by atoms with Crippen LogP contribution < -0.4 is 5.32 Å². The van der Waals surface area contributed by atoms with Crippen molar-refractivity contribution in [1.82, 2.24) is 15.1 Å². The summed E-state index contributed by atoms with van der Waals surface area (Å²) in [4.78, 5) is 30.0. The van der Waals surface area contributed by atoms with Crippen molar-refractivity contribution in [1.29, 1.82) is 0 Å². The Bertz CT molecular complexity index is 810. The summed E-state index contributed by atoms with van der Waals surface area (Å²) in [5.74, 6) is -0.149. The van der Waals surface area contributed by atoms with Gasteiger partial charge in [-0.3, -0.25) is 9.59 Å². The van der Waals surface area contributed by atoms with Crippen LogP contribution in [-0.2, 0) is 4.79 Å². The predicted octanol–water partition coefficient (Wildman–Crippen LogP) is 3.67. The second-order valence-corrected chi connectivity index (χ2v) is 8.67. The first kappa shape index (κ1) is 20.8. The highest BCUT2D eigenvalue weighted by atomic mass is 35.5. The van der Waals surface area contributed by atoms with E-state index < -0.39 is 0 Å². The number of thiophene rings is 1. The van der Waals surface area contributed by atoms with Crippen molar-refractivity contribution in [3.63, 3.8) is 0 Å². The van der Waals surface area contributed by atoms with Crippen molar-refractivity contribution >= 4 is 34.8 Å². The monoisotopic (exact) mass is 419 g/mol. The second-order valence-electron chi connectivity index (χ2n) is 7.31. The summed E-state index contributed by atoms with van der Waals surface area (Å²) >= 11 is 7.79. The number of piperidine rings is 1. The molecule has 1 aromatic heterocycles. The largest absolute Gasteiger partial charge is 0.354 e. The number of carbonyl (C=O) groups excluding carboxylic acids is 2. The van der Waals surface area contributed by atoms with E-state index in [1.165, 1.54) is 11.3 Å². The minimum Gasteiger partial charge on any atom is -0.354 e. The highest BCUT2D eigenvalue weighted by molar-refractivity contribution is 7.12. The summed E-state index contributed by atoms with van der Waals surface area (Å²) in [7, 11) is 3.95. The van der Waals surface area contributed by atoms with Crippen molar-refractivity contribution in [2.75, 3.05) is 33.7 Å². The molecule has 1 fully saturated rings. The van der Waals surface area contributed by atoms with Crippen LogP contribution in [0.1, 0.15) is 34.1 Å². The highest BCUT2D eigenvalue weighted by Gasteiger charge is 2.30. The molecule has 2 atom stereocenters. The first-order valence-electron chi connectivity index (χ1n) is 9.48. The molecule has 28 heavy (non-hydrogen) atoms. The van der Waals surface area contributed by atoms with E-state index in [9.17, 15) is 9.59 Å². The Kier molecular flexibility index (Phi) is 7.10. The predicted molar refractivity (Wildman–Crippen MR) is 114 cm³/mol. The fraction of sp³-hybridized carbons (Fsp3) is 0.429. The Balaban J connectivity index is 1.60. The smallest absolute Gasteiger partial charge is 0.263 e. The third-order valence-corrected chi connectivity index (χ3v) is 6.37. The van der Waals surface area contributed by atoms with E-state index in [2.05, 4.69) is 10.2 Å². The van der Waals surface area contributed by atoms with E-state index in [1.54, 1.807) is 4.90 Å². The van der Waals surface area contributed by atoms with Crippen molar-refractivity contribution in [2.45, 2.75) is 18.9 Å². The molecular formula is C21H26ClN3O2S. The molecular weight excluding hydrogens is 394 g/mol. The lowest BCUT2D eigenvalue weighted by Crippen LogP contribution is -2.46. The SMILES string of the molecule is CN(C)[C@H](CNC(=O)[C@@H]1CCCN(C(=O)c2cccs2)C1)c1ccccc1Cl. The van der Waals surface area contributed by atoms with Gasteiger partial charge in [-0.2, -0.15) is 0 Å². The fourth-order valence-electron chi connectivity index (χ4n) is 3.59.